The zero-order chi connectivity index (χ0) is 15.6. The number of aryl methyl sites for hydroxylation is 1. The van der Waals surface area contributed by atoms with Crippen molar-refractivity contribution in [3.63, 3.8) is 0 Å². The maximum atomic E-state index is 11.9. The number of hydrogen-bond donors (Lipinski definition) is 2. The van der Waals surface area contributed by atoms with Crippen molar-refractivity contribution in [3.8, 4) is 16.6 Å². The number of nitrogens with two attached hydrogens (primary N) is 1. The second-order valence-corrected chi connectivity index (χ2v) is 8.69. The molecule has 2 aromatic rings. The van der Waals surface area contributed by atoms with Gasteiger partial charge >= 0.3 is 0 Å². The number of rotatable bonds is 5. The second kappa shape index (κ2) is 6.11. The zero-order valence-corrected chi connectivity index (χ0v) is 13.9. The fourth-order valence-electron chi connectivity index (χ4n) is 1.56. The number of nitriles is 1. The summed E-state index contributed by atoms with van der Waals surface area (Å²) in [5, 5.41) is 7.86. The Morgan fingerprint density at radius 2 is 2.19 bits per heavy atom. The Kier molecular flexibility index (Phi) is 4.63. The number of nitrogens with zero attached hydrogens (tertiary/aromatic N) is 2. The van der Waals surface area contributed by atoms with Crippen molar-refractivity contribution in [3.05, 3.63) is 21.9 Å². The molecule has 0 saturated carbocycles. The summed E-state index contributed by atoms with van der Waals surface area (Å²) in [4.78, 5) is 7.21. The lowest BCUT2D eigenvalue weighted by atomic mass is 10.3. The average molecular weight is 342 g/mol. The lowest BCUT2D eigenvalue weighted by Gasteiger charge is -2.05. The molecule has 0 saturated heterocycles. The van der Waals surface area contributed by atoms with Crippen LogP contribution in [-0.2, 0) is 16.6 Å². The summed E-state index contributed by atoms with van der Waals surface area (Å²) in [6, 6.07) is 5.56. The number of hydrogen-bond acceptors (Lipinski definition) is 7. The maximum Gasteiger partial charge on any atom is 0.250 e. The minimum absolute atomic E-state index is 0.271. The third-order valence-electron chi connectivity index (χ3n) is 2.77. The van der Waals surface area contributed by atoms with Gasteiger partial charge in [0, 0.05) is 16.3 Å². The van der Waals surface area contributed by atoms with Crippen LogP contribution in [0.25, 0.3) is 10.6 Å². The Balaban J connectivity index is 2.30. The van der Waals surface area contributed by atoms with E-state index in [1.165, 1.54) is 29.6 Å². The summed E-state index contributed by atoms with van der Waals surface area (Å²) in [5.74, 6) is 0. The van der Waals surface area contributed by atoms with E-state index in [-0.39, 0.29) is 5.13 Å². The molecule has 0 fully saturated rings. The Morgan fingerprint density at radius 1 is 1.48 bits per heavy atom. The van der Waals surface area contributed by atoms with Gasteiger partial charge in [-0.2, -0.15) is 5.26 Å². The molecule has 2 rings (SSSR count). The molecule has 0 aliphatic rings. The Morgan fingerprint density at radius 3 is 2.76 bits per heavy atom. The maximum absolute atomic E-state index is 11.9. The van der Waals surface area contributed by atoms with Gasteiger partial charge in [-0.1, -0.05) is 0 Å². The van der Waals surface area contributed by atoms with E-state index in [2.05, 4.69) is 9.71 Å². The van der Waals surface area contributed by atoms with Crippen molar-refractivity contribution >= 4 is 37.8 Å². The molecule has 0 aliphatic carbocycles. The molecular weight excluding hydrogens is 328 g/mol. The van der Waals surface area contributed by atoms with E-state index >= 15 is 0 Å². The van der Waals surface area contributed by atoms with Crippen molar-refractivity contribution in [2.24, 2.45) is 5.73 Å². The highest BCUT2D eigenvalue weighted by molar-refractivity contribution is 7.93. The van der Waals surface area contributed by atoms with E-state index in [4.69, 9.17) is 11.0 Å². The van der Waals surface area contributed by atoms with Crippen molar-refractivity contribution in [2.75, 3.05) is 4.72 Å². The van der Waals surface area contributed by atoms with Gasteiger partial charge < -0.3 is 5.73 Å². The molecule has 0 bridgehead atoms. The molecule has 0 amide bonds. The van der Waals surface area contributed by atoms with Crippen LogP contribution in [-0.4, -0.2) is 18.7 Å². The van der Waals surface area contributed by atoms with E-state index in [0.29, 0.717) is 6.54 Å². The highest BCUT2D eigenvalue weighted by Crippen LogP contribution is 2.35. The highest BCUT2D eigenvalue weighted by Gasteiger charge is 2.22. The minimum Gasteiger partial charge on any atom is -0.326 e. The summed E-state index contributed by atoms with van der Waals surface area (Å²) in [5.41, 5.74) is 6.33. The van der Waals surface area contributed by atoms with Gasteiger partial charge in [0.15, 0.2) is 10.4 Å². The number of anilines is 1. The minimum atomic E-state index is -3.73. The van der Waals surface area contributed by atoms with Crippen molar-refractivity contribution < 1.29 is 8.42 Å². The summed E-state index contributed by atoms with van der Waals surface area (Å²) < 4.78 is 26.1. The van der Waals surface area contributed by atoms with Crippen molar-refractivity contribution in [1.29, 1.82) is 5.26 Å². The predicted octanol–water partition coefficient (Wildman–Crippen LogP) is 2.29. The Bertz CT molecular complexity index is 786. The molecule has 21 heavy (non-hydrogen) atoms. The molecule has 0 aromatic carbocycles. The van der Waals surface area contributed by atoms with E-state index in [1.54, 1.807) is 6.07 Å². The van der Waals surface area contributed by atoms with Gasteiger partial charge in [0.25, 0.3) is 10.0 Å². The van der Waals surface area contributed by atoms with Crippen molar-refractivity contribution in [2.45, 2.75) is 25.6 Å². The summed E-state index contributed by atoms with van der Waals surface area (Å²) >= 11 is 2.78. The van der Waals surface area contributed by atoms with Crippen LogP contribution in [0.3, 0.4) is 0 Å². The normalized spacial score (nSPS) is 12.9. The van der Waals surface area contributed by atoms with Gasteiger partial charge in [0.1, 0.15) is 0 Å². The fraction of sp³-hybridized carbons (Fsp3) is 0.333. The molecule has 112 valence electrons. The number of sulfonamides is 1. The molecule has 0 radical (unpaired) electrons. The average Bonchev–Trinajstić information content (AvgIpc) is 3.03. The first kappa shape index (κ1) is 15.9. The van der Waals surface area contributed by atoms with E-state index in [0.717, 1.165) is 20.3 Å². The van der Waals surface area contributed by atoms with Crippen LogP contribution in [0.15, 0.2) is 12.1 Å². The quantitative estimate of drug-likeness (QED) is 0.866. The Labute approximate surface area is 131 Å². The molecule has 1 unspecified atom stereocenters. The largest absolute Gasteiger partial charge is 0.326 e. The standard InChI is InChI=1S/C12H14N4O2S3/c1-7(5-13)21(17,18)16-12-15-11(8(2)19-12)10-4-3-9(6-14)20-10/h3-4,7H,6,14H2,1-2H3,(H,15,16). The lowest BCUT2D eigenvalue weighted by Crippen LogP contribution is -2.23. The fourth-order valence-corrected chi connectivity index (χ4v) is 4.36. The molecule has 2 aromatic heterocycles. The first-order chi connectivity index (χ1) is 9.87. The molecule has 1 atom stereocenters. The van der Waals surface area contributed by atoms with Crippen LogP contribution in [0, 0.1) is 18.3 Å². The van der Waals surface area contributed by atoms with E-state index in [9.17, 15) is 8.42 Å². The molecule has 6 nitrogen and oxygen atoms in total. The van der Waals surface area contributed by atoms with Crippen LogP contribution in [0.2, 0.25) is 0 Å². The molecule has 0 aliphatic heterocycles. The topological polar surface area (TPSA) is 109 Å². The first-order valence-electron chi connectivity index (χ1n) is 6.05. The van der Waals surface area contributed by atoms with Gasteiger partial charge in [0.2, 0.25) is 0 Å². The summed E-state index contributed by atoms with van der Waals surface area (Å²) in [7, 11) is -3.73. The predicted molar refractivity (Wildman–Crippen MR) is 85.7 cm³/mol. The van der Waals surface area contributed by atoms with E-state index in [1.807, 2.05) is 19.1 Å². The summed E-state index contributed by atoms with van der Waals surface area (Å²) in [6.07, 6.45) is 0. The number of nitrogens with one attached hydrogen (secondary N) is 1. The van der Waals surface area contributed by atoms with Gasteiger partial charge in [-0.3, -0.25) is 4.72 Å². The third kappa shape index (κ3) is 3.41. The zero-order valence-electron chi connectivity index (χ0n) is 11.5. The van der Waals surface area contributed by atoms with Crippen LogP contribution >= 0.6 is 22.7 Å². The summed E-state index contributed by atoms with van der Waals surface area (Å²) in [6.45, 7) is 3.67. The van der Waals surface area contributed by atoms with E-state index < -0.39 is 15.3 Å². The number of aromatic nitrogens is 1. The second-order valence-electron chi connectivity index (χ2n) is 4.31. The first-order valence-corrected chi connectivity index (χ1v) is 9.23. The monoisotopic (exact) mass is 342 g/mol. The van der Waals surface area contributed by atoms with Gasteiger partial charge in [-0.05, 0) is 26.0 Å². The van der Waals surface area contributed by atoms with Gasteiger partial charge in [0.05, 0.1) is 16.6 Å². The molecule has 9 heteroatoms. The lowest BCUT2D eigenvalue weighted by molar-refractivity contribution is 0.597. The molecule has 3 N–H and O–H groups in total. The SMILES string of the molecule is Cc1sc(NS(=O)(=O)C(C)C#N)nc1-c1ccc(CN)s1. The van der Waals surface area contributed by atoms with Crippen LogP contribution in [0.5, 0.6) is 0 Å². The van der Waals surface area contributed by atoms with Crippen LogP contribution in [0.4, 0.5) is 5.13 Å². The smallest absolute Gasteiger partial charge is 0.250 e. The van der Waals surface area contributed by atoms with Crippen LogP contribution in [0.1, 0.15) is 16.7 Å². The number of thiazole rings is 1. The van der Waals surface area contributed by atoms with Gasteiger partial charge in [-0.15, -0.1) is 22.7 Å². The van der Waals surface area contributed by atoms with Crippen LogP contribution < -0.4 is 10.5 Å². The molecule has 2 heterocycles. The molecule has 0 spiro atoms. The van der Waals surface area contributed by atoms with Crippen molar-refractivity contribution in [1.82, 2.24) is 4.98 Å². The van der Waals surface area contributed by atoms with Gasteiger partial charge in [-0.25, -0.2) is 13.4 Å². The Hall–Kier alpha value is -1.47. The number of thiophene rings is 1. The highest BCUT2D eigenvalue weighted by atomic mass is 32.2. The third-order valence-corrected chi connectivity index (χ3v) is 6.41. The molecular formula is C12H14N4O2S3.